The average Bonchev–Trinajstić information content (AvgIpc) is 3.39. The van der Waals surface area contributed by atoms with E-state index in [9.17, 15) is 24.2 Å². The highest BCUT2D eigenvalue weighted by Crippen LogP contribution is 2.42. The number of nitrogens with zero attached hydrogens (tertiary/aromatic N) is 1. The number of Topliss-reactive ketones (excluding diaryl/α,β-unsaturated/α-hetero) is 1. The summed E-state index contributed by atoms with van der Waals surface area (Å²) in [4.78, 5) is 28.1. The third kappa shape index (κ3) is 4.05. The Morgan fingerprint density at radius 1 is 1.11 bits per heavy atom. The molecular weight excluding hydrogens is 489 g/mol. The van der Waals surface area contributed by atoms with Gasteiger partial charge < -0.3 is 24.3 Å². The fourth-order valence-corrected chi connectivity index (χ4v) is 4.58. The average molecular weight is 508 g/mol. The Hall–Kier alpha value is -4.30. The monoisotopic (exact) mass is 507 g/mol. The van der Waals surface area contributed by atoms with Gasteiger partial charge in [0.05, 0.1) is 18.7 Å². The van der Waals surface area contributed by atoms with Crippen LogP contribution in [0.25, 0.3) is 11.0 Å². The minimum absolute atomic E-state index is 0.0240. The second kappa shape index (κ2) is 9.05. The fourth-order valence-electron chi connectivity index (χ4n) is 4.36. The lowest BCUT2D eigenvalue weighted by atomic mass is 9.94. The fraction of sp³-hybridized carbons (Fsp3) is 0.111. The molecule has 36 heavy (non-hydrogen) atoms. The van der Waals surface area contributed by atoms with Crippen LogP contribution in [0.2, 0.25) is 5.02 Å². The van der Waals surface area contributed by atoms with Crippen LogP contribution in [-0.2, 0) is 11.3 Å². The largest absolute Gasteiger partial charge is 0.508 e. The number of ketones is 1. The first-order valence-corrected chi connectivity index (χ1v) is 11.2. The van der Waals surface area contributed by atoms with Gasteiger partial charge in [-0.1, -0.05) is 35.9 Å². The van der Waals surface area contributed by atoms with Crippen LogP contribution in [-0.4, -0.2) is 33.9 Å². The molecule has 1 atom stereocenters. The van der Waals surface area contributed by atoms with E-state index in [-0.39, 0.29) is 29.2 Å². The van der Waals surface area contributed by atoms with Gasteiger partial charge in [-0.3, -0.25) is 9.59 Å². The van der Waals surface area contributed by atoms with Crippen molar-refractivity contribution in [3.05, 3.63) is 106 Å². The summed E-state index contributed by atoms with van der Waals surface area (Å²) in [6, 6.07) is 15.1. The van der Waals surface area contributed by atoms with Gasteiger partial charge in [-0.15, -0.1) is 0 Å². The number of amides is 1. The number of ether oxygens (including phenoxy) is 1. The molecule has 0 saturated heterocycles. The van der Waals surface area contributed by atoms with Crippen LogP contribution in [0, 0.1) is 5.82 Å². The number of benzene rings is 3. The number of aromatic hydroxyl groups is 1. The molecule has 7 nitrogen and oxygen atoms in total. The van der Waals surface area contributed by atoms with Gasteiger partial charge >= 0.3 is 0 Å². The number of aliphatic hydroxyl groups excluding tert-OH is 1. The minimum atomic E-state index is -1.04. The van der Waals surface area contributed by atoms with Gasteiger partial charge in [0.2, 0.25) is 5.78 Å². The molecule has 0 radical (unpaired) electrons. The second-order valence-electron chi connectivity index (χ2n) is 8.29. The van der Waals surface area contributed by atoms with Gasteiger partial charge in [-0.2, -0.15) is 0 Å². The summed E-state index contributed by atoms with van der Waals surface area (Å²) >= 11 is 6.13. The number of phenols is 1. The van der Waals surface area contributed by atoms with Gasteiger partial charge in [0.1, 0.15) is 11.6 Å². The topological polar surface area (TPSA) is 100 Å². The number of furan rings is 1. The number of hydrogen-bond donors (Lipinski definition) is 2. The smallest absolute Gasteiger partial charge is 0.290 e. The number of methoxy groups -OCH3 is 1. The van der Waals surface area contributed by atoms with E-state index < -0.39 is 29.3 Å². The lowest BCUT2D eigenvalue weighted by molar-refractivity contribution is -0.130. The number of fused-ring (bicyclic) bond motifs is 1. The van der Waals surface area contributed by atoms with Crippen LogP contribution in [0.5, 0.6) is 11.5 Å². The summed E-state index contributed by atoms with van der Waals surface area (Å²) in [5.41, 5.74) is 1.05. The number of hydrogen-bond acceptors (Lipinski definition) is 6. The molecule has 0 saturated carbocycles. The molecule has 2 N–H and O–H groups in total. The Balaban J connectivity index is 1.61. The summed E-state index contributed by atoms with van der Waals surface area (Å²) in [7, 11) is 1.43. The van der Waals surface area contributed by atoms with Crippen molar-refractivity contribution in [2.75, 3.05) is 7.11 Å². The molecule has 3 aromatic carbocycles. The third-order valence-electron chi connectivity index (χ3n) is 5.99. The van der Waals surface area contributed by atoms with E-state index >= 15 is 0 Å². The van der Waals surface area contributed by atoms with Crippen molar-refractivity contribution in [1.82, 2.24) is 4.90 Å². The molecule has 0 fully saturated rings. The highest BCUT2D eigenvalue weighted by Gasteiger charge is 2.44. The van der Waals surface area contributed by atoms with Crippen molar-refractivity contribution < 1.29 is 33.3 Å². The summed E-state index contributed by atoms with van der Waals surface area (Å²) in [5, 5.41) is 21.8. The molecule has 9 heteroatoms. The Morgan fingerprint density at radius 3 is 2.56 bits per heavy atom. The maximum atomic E-state index is 13.7. The molecule has 0 aliphatic carbocycles. The zero-order chi connectivity index (χ0) is 25.6. The normalized spacial score (nSPS) is 15.7. The highest BCUT2D eigenvalue weighted by molar-refractivity contribution is 6.31. The molecule has 1 aliphatic rings. The lowest BCUT2D eigenvalue weighted by Gasteiger charge is -2.27. The van der Waals surface area contributed by atoms with Crippen LogP contribution < -0.4 is 4.74 Å². The molecule has 1 unspecified atom stereocenters. The molecule has 182 valence electrons. The van der Waals surface area contributed by atoms with Crippen molar-refractivity contribution in [1.29, 1.82) is 0 Å². The Kier molecular flexibility index (Phi) is 5.89. The van der Waals surface area contributed by atoms with E-state index in [0.29, 0.717) is 27.3 Å². The molecule has 1 amide bonds. The first kappa shape index (κ1) is 23.4. The zero-order valence-electron chi connectivity index (χ0n) is 18.9. The van der Waals surface area contributed by atoms with E-state index in [0.717, 1.165) is 0 Å². The van der Waals surface area contributed by atoms with Gasteiger partial charge in [0, 0.05) is 23.0 Å². The maximum absolute atomic E-state index is 13.7. The first-order valence-electron chi connectivity index (χ1n) is 10.9. The van der Waals surface area contributed by atoms with E-state index in [4.69, 9.17) is 20.8 Å². The van der Waals surface area contributed by atoms with Crippen LogP contribution in [0.4, 0.5) is 4.39 Å². The van der Waals surface area contributed by atoms with Crippen molar-refractivity contribution in [3.63, 3.8) is 0 Å². The number of phenolic OH excluding ortho intramolecular Hbond substituents is 1. The summed E-state index contributed by atoms with van der Waals surface area (Å²) in [6.07, 6.45) is 0. The van der Waals surface area contributed by atoms with E-state index in [1.807, 2.05) is 0 Å². The van der Waals surface area contributed by atoms with Crippen molar-refractivity contribution in [2.24, 2.45) is 0 Å². The highest BCUT2D eigenvalue weighted by atomic mass is 35.5. The summed E-state index contributed by atoms with van der Waals surface area (Å²) in [5.74, 6) is -2.57. The molecule has 5 rings (SSSR count). The summed E-state index contributed by atoms with van der Waals surface area (Å²) in [6.45, 7) is -0.0240. The van der Waals surface area contributed by atoms with E-state index in [1.54, 1.807) is 18.2 Å². The zero-order valence-corrected chi connectivity index (χ0v) is 19.6. The SMILES string of the molecule is COc1cc(Cl)cc2cc(C(=O)C3=C(O)C(=O)N(Cc4ccc(F)cc4)C3c3cccc(O)c3)oc12. The van der Waals surface area contributed by atoms with Gasteiger partial charge in [0.25, 0.3) is 5.91 Å². The van der Waals surface area contributed by atoms with Crippen molar-refractivity contribution in [3.8, 4) is 11.5 Å². The minimum Gasteiger partial charge on any atom is -0.508 e. The predicted molar refractivity (Wildman–Crippen MR) is 130 cm³/mol. The number of carbonyl (C=O) groups is 2. The quantitative estimate of drug-likeness (QED) is 0.324. The molecule has 0 spiro atoms. The Morgan fingerprint density at radius 2 is 1.86 bits per heavy atom. The van der Waals surface area contributed by atoms with Gasteiger partial charge in [-0.25, -0.2) is 4.39 Å². The number of halogens is 2. The van der Waals surface area contributed by atoms with Crippen LogP contribution >= 0.6 is 11.6 Å². The standard InChI is InChI=1S/C27H19ClFNO6/c1-35-21-12-17(28)9-16-11-20(36-26(16)21)24(32)22-23(15-3-2-4-19(31)10-15)30(27(34)25(22)33)13-14-5-7-18(29)8-6-14/h2-12,23,31,33H,13H2,1H3. The molecule has 1 aromatic heterocycles. The third-order valence-corrected chi connectivity index (χ3v) is 6.21. The van der Waals surface area contributed by atoms with E-state index in [1.165, 1.54) is 60.5 Å². The predicted octanol–water partition coefficient (Wildman–Crippen LogP) is 5.72. The van der Waals surface area contributed by atoms with E-state index in [2.05, 4.69) is 0 Å². The van der Waals surface area contributed by atoms with Crippen LogP contribution in [0.1, 0.15) is 27.7 Å². The first-order chi connectivity index (χ1) is 17.3. The van der Waals surface area contributed by atoms with Gasteiger partial charge in [0.15, 0.2) is 22.9 Å². The van der Waals surface area contributed by atoms with Crippen LogP contribution in [0.15, 0.2) is 82.5 Å². The lowest BCUT2D eigenvalue weighted by Crippen LogP contribution is -2.30. The number of rotatable bonds is 6. The molecule has 0 bridgehead atoms. The summed E-state index contributed by atoms with van der Waals surface area (Å²) < 4.78 is 24.5. The van der Waals surface area contributed by atoms with Crippen molar-refractivity contribution in [2.45, 2.75) is 12.6 Å². The number of carbonyl (C=O) groups excluding carboxylic acids is 2. The maximum Gasteiger partial charge on any atom is 0.290 e. The van der Waals surface area contributed by atoms with Crippen LogP contribution in [0.3, 0.4) is 0 Å². The molecule has 1 aliphatic heterocycles. The molecule has 2 heterocycles. The Labute approximate surface area is 209 Å². The Bertz CT molecular complexity index is 1540. The number of aliphatic hydroxyl groups is 1. The second-order valence-corrected chi connectivity index (χ2v) is 8.72. The molecular formula is C27H19ClFNO6. The van der Waals surface area contributed by atoms with Gasteiger partial charge in [-0.05, 0) is 47.5 Å². The molecule has 4 aromatic rings. The van der Waals surface area contributed by atoms with Crippen molar-refractivity contribution >= 4 is 34.3 Å².